The number of nitrogens with zero attached hydrogens (tertiary/aromatic N) is 3. The first-order valence-electron chi connectivity index (χ1n) is 8.46. The van der Waals surface area contributed by atoms with E-state index in [2.05, 4.69) is 26.7 Å². The molecule has 0 aliphatic heterocycles. The second-order valence-corrected chi connectivity index (χ2v) is 6.28. The lowest BCUT2D eigenvalue weighted by molar-refractivity contribution is 0.102. The Morgan fingerprint density at radius 3 is 2.63 bits per heavy atom. The maximum Gasteiger partial charge on any atom is 0.274 e. The minimum absolute atomic E-state index is 0.266. The molecule has 0 aliphatic carbocycles. The van der Waals surface area contributed by atoms with Gasteiger partial charge in [-0.1, -0.05) is 18.2 Å². The monoisotopic (exact) mass is 357 g/mol. The number of anilines is 3. The maximum absolute atomic E-state index is 12.7. The van der Waals surface area contributed by atoms with Gasteiger partial charge in [-0.15, -0.1) is 0 Å². The first kappa shape index (κ1) is 18.1. The first-order valence-corrected chi connectivity index (χ1v) is 8.46. The van der Waals surface area contributed by atoms with Crippen LogP contribution in [0.2, 0.25) is 0 Å². The number of hydrogen-bond acceptors (Lipinski definition) is 5. The van der Waals surface area contributed by atoms with E-state index in [1.54, 1.807) is 31.2 Å². The van der Waals surface area contributed by atoms with Gasteiger partial charge in [0.1, 0.15) is 17.3 Å². The Balaban J connectivity index is 1.85. The highest BCUT2D eigenvalue weighted by Gasteiger charge is 2.12. The predicted molar refractivity (Wildman–Crippen MR) is 105 cm³/mol. The van der Waals surface area contributed by atoms with Crippen molar-refractivity contribution in [1.82, 2.24) is 9.97 Å². The van der Waals surface area contributed by atoms with Crippen LogP contribution in [0.5, 0.6) is 0 Å². The molecule has 0 fully saturated rings. The number of carbonyl (C=O) groups excluding carboxylic acids is 1. The van der Waals surface area contributed by atoms with Crippen LogP contribution in [0.4, 0.5) is 17.2 Å². The Morgan fingerprint density at radius 2 is 1.85 bits per heavy atom. The maximum atomic E-state index is 12.7. The smallest absolute Gasteiger partial charge is 0.274 e. The van der Waals surface area contributed by atoms with Crippen LogP contribution in [0.15, 0.2) is 48.5 Å². The molecule has 1 aromatic heterocycles. The molecule has 0 unspecified atom stereocenters. The van der Waals surface area contributed by atoms with Crippen LogP contribution in [0.1, 0.15) is 33.0 Å². The molecule has 0 saturated carbocycles. The largest absolute Gasteiger partial charge is 0.340 e. The van der Waals surface area contributed by atoms with Gasteiger partial charge in [-0.2, -0.15) is 5.26 Å². The van der Waals surface area contributed by atoms with Gasteiger partial charge in [0.05, 0.1) is 11.6 Å². The van der Waals surface area contributed by atoms with Gasteiger partial charge in [0.15, 0.2) is 0 Å². The summed E-state index contributed by atoms with van der Waals surface area (Å²) in [5.41, 5.74) is 4.32. The van der Waals surface area contributed by atoms with E-state index in [-0.39, 0.29) is 11.6 Å². The minimum atomic E-state index is -0.303. The molecule has 27 heavy (non-hydrogen) atoms. The average molecular weight is 357 g/mol. The molecule has 0 spiro atoms. The van der Waals surface area contributed by atoms with Crippen LogP contribution in [0, 0.1) is 32.1 Å². The van der Waals surface area contributed by atoms with Gasteiger partial charge < -0.3 is 10.6 Å². The number of aryl methyl sites for hydroxylation is 3. The number of carbonyl (C=O) groups is 1. The average Bonchev–Trinajstić information content (AvgIpc) is 2.64. The summed E-state index contributed by atoms with van der Waals surface area (Å²) in [7, 11) is 0. The van der Waals surface area contributed by atoms with Gasteiger partial charge in [0.25, 0.3) is 5.91 Å². The molecule has 0 bridgehead atoms. The third kappa shape index (κ3) is 4.47. The van der Waals surface area contributed by atoms with Crippen molar-refractivity contribution in [3.05, 3.63) is 76.7 Å². The van der Waals surface area contributed by atoms with Gasteiger partial charge in [0, 0.05) is 17.4 Å². The number of amides is 1. The standard InChI is InChI=1S/C21H19N5O/c1-13-7-8-14(2)18(9-13)26-21(27)19-11-20(24-15(3)23-19)25-17-6-4-5-16(10-17)12-22/h4-11H,1-3H3,(H,26,27)(H,23,24,25). The summed E-state index contributed by atoms with van der Waals surface area (Å²) >= 11 is 0. The highest BCUT2D eigenvalue weighted by Crippen LogP contribution is 2.19. The summed E-state index contributed by atoms with van der Waals surface area (Å²) in [6.07, 6.45) is 0. The van der Waals surface area contributed by atoms with E-state index in [4.69, 9.17) is 5.26 Å². The second kappa shape index (κ2) is 7.67. The fraction of sp³-hybridized carbons (Fsp3) is 0.143. The van der Waals surface area contributed by atoms with Crippen molar-refractivity contribution in [3.63, 3.8) is 0 Å². The zero-order chi connectivity index (χ0) is 19.4. The molecular weight excluding hydrogens is 338 g/mol. The van der Waals surface area contributed by atoms with Gasteiger partial charge in [0.2, 0.25) is 0 Å². The quantitative estimate of drug-likeness (QED) is 0.728. The molecule has 0 aliphatic rings. The van der Waals surface area contributed by atoms with Crippen molar-refractivity contribution >= 4 is 23.1 Å². The molecule has 6 heteroatoms. The van der Waals surface area contributed by atoms with Crippen LogP contribution in [-0.2, 0) is 0 Å². The number of benzene rings is 2. The summed E-state index contributed by atoms with van der Waals surface area (Å²) in [5.74, 6) is 0.661. The number of rotatable bonds is 4. The summed E-state index contributed by atoms with van der Waals surface area (Å²) < 4.78 is 0. The third-order valence-corrected chi connectivity index (χ3v) is 3.98. The van der Waals surface area contributed by atoms with Gasteiger partial charge in [-0.25, -0.2) is 9.97 Å². The van der Waals surface area contributed by atoms with Crippen LogP contribution in [-0.4, -0.2) is 15.9 Å². The van der Waals surface area contributed by atoms with Crippen molar-refractivity contribution in [2.75, 3.05) is 10.6 Å². The van der Waals surface area contributed by atoms with Crippen molar-refractivity contribution in [2.24, 2.45) is 0 Å². The van der Waals surface area contributed by atoms with E-state index >= 15 is 0 Å². The Hall–Kier alpha value is -3.72. The zero-order valence-electron chi connectivity index (χ0n) is 15.4. The van der Waals surface area contributed by atoms with E-state index in [1.165, 1.54) is 0 Å². The third-order valence-electron chi connectivity index (χ3n) is 3.98. The first-order chi connectivity index (χ1) is 12.9. The second-order valence-electron chi connectivity index (χ2n) is 6.28. The van der Waals surface area contributed by atoms with Crippen LogP contribution < -0.4 is 10.6 Å². The normalized spacial score (nSPS) is 10.1. The summed E-state index contributed by atoms with van der Waals surface area (Å²) in [4.78, 5) is 21.2. The molecule has 0 saturated heterocycles. The lowest BCUT2D eigenvalue weighted by Gasteiger charge is -2.11. The molecule has 2 aromatic carbocycles. The molecule has 0 radical (unpaired) electrons. The molecule has 0 atom stereocenters. The van der Waals surface area contributed by atoms with Crippen molar-refractivity contribution < 1.29 is 4.79 Å². The SMILES string of the molecule is Cc1ccc(C)c(NC(=O)c2cc(Nc3cccc(C#N)c3)nc(C)n2)c1. The van der Waals surface area contributed by atoms with Gasteiger partial charge in [-0.3, -0.25) is 4.79 Å². The van der Waals surface area contributed by atoms with E-state index in [9.17, 15) is 4.79 Å². The molecule has 1 heterocycles. The summed E-state index contributed by atoms with van der Waals surface area (Å²) in [5, 5.41) is 15.0. The number of nitriles is 1. The van der Waals surface area contributed by atoms with Gasteiger partial charge in [-0.05, 0) is 56.2 Å². The van der Waals surface area contributed by atoms with E-state index < -0.39 is 0 Å². The minimum Gasteiger partial charge on any atom is -0.340 e. The fourth-order valence-corrected chi connectivity index (χ4v) is 2.62. The van der Waals surface area contributed by atoms with Crippen LogP contribution >= 0.6 is 0 Å². The fourth-order valence-electron chi connectivity index (χ4n) is 2.62. The van der Waals surface area contributed by atoms with E-state index in [0.29, 0.717) is 22.9 Å². The highest BCUT2D eigenvalue weighted by molar-refractivity contribution is 6.03. The highest BCUT2D eigenvalue weighted by atomic mass is 16.1. The molecule has 2 N–H and O–H groups in total. The van der Waals surface area contributed by atoms with Crippen molar-refractivity contribution in [2.45, 2.75) is 20.8 Å². The Morgan fingerprint density at radius 1 is 1.04 bits per heavy atom. The summed E-state index contributed by atoms with van der Waals surface area (Å²) in [6.45, 7) is 5.64. The lowest BCUT2D eigenvalue weighted by atomic mass is 10.1. The van der Waals surface area contributed by atoms with E-state index in [1.807, 2.05) is 38.1 Å². The molecule has 3 rings (SSSR count). The lowest BCUT2D eigenvalue weighted by Crippen LogP contribution is -2.16. The van der Waals surface area contributed by atoms with Gasteiger partial charge >= 0.3 is 0 Å². The van der Waals surface area contributed by atoms with Crippen LogP contribution in [0.3, 0.4) is 0 Å². The number of aromatic nitrogens is 2. The van der Waals surface area contributed by atoms with Crippen molar-refractivity contribution in [1.29, 1.82) is 5.26 Å². The Kier molecular flexibility index (Phi) is 5.13. The predicted octanol–water partition coefficient (Wildman–Crippen LogP) is 4.27. The zero-order valence-corrected chi connectivity index (χ0v) is 15.4. The molecule has 3 aromatic rings. The summed E-state index contributed by atoms with van der Waals surface area (Å²) in [6, 6.07) is 16.6. The molecule has 6 nitrogen and oxygen atoms in total. The number of nitrogens with one attached hydrogen (secondary N) is 2. The molecular formula is C21H19N5O. The topological polar surface area (TPSA) is 90.7 Å². The van der Waals surface area contributed by atoms with Crippen molar-refractivity contribution in [3.8, 4) is 6.07 Å². The van der Waals surface area contributed by atoms with Crippen LogP contribution in [0.25, 0.3) is 0 Å². The van der Waals surface area contributed by atoms with E-state index in [0.717, 1.165) is 16.8 Å². The molecule has 1 amide bonds. The molecule has 134 valence electrons. The Bertz CT molecular complexity index is 1050. The Labute approximate surface area is 157 Å². The number of hydrogen-bond donors (Lipinski definition) is 2.